The molecule has 1 heterocycles. The molecule has 0 aliphatic carbocycles. The van der Waals surface area contributed by atoms with E-state index in [2.05, 4.69) is 23.8 Å². The van der Waals surface area contributed by atoms with E-state index >= 15 is 0 Å². The molecule has 0 aromatic carbocycles. The second kappa shape index (κ2) is 4.82. The Hall–Kier alpha value is -0.280. The Balaban J connectivity index is 2.81. The molecule has 72 valence electrons. The third-order valence-corrected chi connectivity index (χ3v) is 3.34. The van der Waals surface area contributed by atoms with Gasteiger partial charge in [0.2, 0.25) is 5.28 Å². The van der Waals surface area contributed by atoms with Crippen molar-refractivity contribution in [1.29, 1.82) is 0 Å². The van der Waals surface area contributed by atoms with Gasteiger partial charge in [-0.3, -0.25) is 0 Å². The maximum atomic E-state index is 5.71. The van der Waals surface area contributed by atoms with Gasteiger partial charge in [-0.25, -0.2) is 9.97 Å². The van der Waals surface area contributed by atoms with Gasteiger partial charge in [-0.15, -0.1) is 11.8 Å². The van der Waals surface area contributed by atoms with Crippen LogP contribution in [0.5, 0.6) is 0 Å². The van der Waals surface area contributed by atoms with E-state index in [0.717, 1.165) is 17.0 Å². The summed E-state index contributed by atoms with van der Waals surface area (Å²) in [5, 5.41) is 1.90. The van der Waals surface area contributed by atoms with Crippen LogP contribution in [-0.4, -0.2) is 15.2 Å². The van der Waals surface area contributed by atoms with Gasteiger partial charge in [-0.05, 0) is 30.5 Å². The van der Waals surface area contributed by atoms with E-state index < -0.39 is 0 Å². The summed E-state index contributed by atoms with van der Waals surface area (Å²) in [6, 6.07) is 0. The molecule has 0 bridgehead atoms. The van der Waals surface area contributed by atoms with Crippen LogP contribution in [0.3, 0.4) is 0 Å². The highest BCUT2D eigenvalue weighted by Crippen LogP contribution is 2.26. The summed E-state index contributed by atoms with van der Waals surface area (Å²) in [6.45, 7) is 6.34. The minimum atomic E-state index is 0.330. The van der Waals surface area contributed by atoms with Crippen molar-refractivity contribution in [3.05, 3.63) is 17.0 Å². The minimum absolute atomic E-state index is 0.330. The highest BCUT2D eigenvalue weighted by atomic mass is 35.5. The van der Waals surface area contributed by atoms with Crippen molar-refractivity contribution in [2.75, 3.05) is 0 Å². The predicted molar refractivity (Wildman–Crippen MR) is 57.4 cm³/mol. The molecule has 13 heavy (non-hydrogen) atoms. The first-order valence-corrected chi connectivity index (χ1v) is 5.55. The summed E-state index contributed by atoms with van der Waals surface area (Å²) in [4.78, 5) is 8.09. The molecule has 0 aliphatic heterocycles. The number of aromatic nitrogens is 2. The SMILES string of the molecule is CCC(C)Sc1nc(Cl)ncc1C. The number of hydrogen-bond donors (Lipinski definition) is 0. The summed E-state index contributed by atoms with van der Waals surface area (Å²) in [7, 11) is 0. The standard InChI is InChI=1S/C9H13ClN2S/c1-4-7(3)13-8-6(2)5-11-9(10)12-8/h5,7H,4H2,1-3H3. The zero-order valence-electron chi connectivity index (χ0n) is 8.04. The predicted octanol–water partition coefficient (Wildman–Crippen LogP) is 3.33. The third-order valence-electron chi connectivity index (χ3n) is 1.78. The Morgan fingerprint density at radius 2 is 2.31 bits per heavy atom. The molecule has 1 aromatic heterocycles. The van der Waals surface area contributed by atoms with E-state index in [1.165, 1.54) is 0 Å². The molecule has 0 amide bonds. The van der Waals surface area contributed by atoms with Crippen LogP contribution < -0.4 is 0 Å². The molecule has 1 atom stereocenters. The van der Waals surface area contributed by atoms with Crippen molar-refractivity contribution in [2.24, 2.45) is 0 Å². The van der Waals surface area contributed by atoms with Gasteiger partial charge in [0.25, 0.3) is 0 Å². The number of nitrogens with zero attached hydrogens (tertiary/aromatic N) is 2. The zero-order valence-corrected chi connectivity index (χ0v) is 9.61. The third kappa shape index (κ3) is 3.16. The van der Waals surface area contributed by atoms with Crippen LogP contribution in [0.25, 0.3) is 0 Å². The van der Waals surface area contributed by atoms with Crippen LogP contribution in [0.4, 0.5) is 0 Å². The summed E-state index contributed by atoms with van der Waals surface area (Å²) < 4.78 is 0. The highest BCUT2D eigenvalue weighted by molar-refractivity contribution is 7.99. The number of thioether (sulfide) groups is 1. The van der Waals surface area contributed by atoms with Crippen LogP contribution >= 0.6 is 23.4 Å². The first-order chi connectivity index (χ1) is 6.13. The Kier molecular flexibility index (Phi) is 4.00. The average Bonchev–Trinajstić information content (AvgIpc) is 2.11. The lowest BCUT2D eigenvalue weighted by molar-refractivity contribution is 0.895. The molecule has 0 saturated heterocycles. The van der Waals surface area contributed by atoms with Gasteiger partial charge in [0.15, 0.2) is 0 Å². The monoisotopic (exact) mass is 216 g/mol. The normalized spacial score (nSPS) is 12.9. The second-order valence-corrected chi connectivity index (χ2v) is 4.73. The molecule has 2 nitrogen and oxygen atoms in total. The largest absolute Gasteiger partial charge is 0.226 e. The number of halogens is 1. The van der Waals surface area contributed by atoms with Crippen molar-refractivity contribution >= 4 is 23.4 Å². The van der Waals surface area contributed by atoms with E-state index in [0.29, 0.717) is 10.5 Å². The molecular formula is C9H13ClN2S. The van der Waals surface area contributed by atoms with Crippen LogP contribution in [0.15, 0.2) is 11.2 Å². The lowest BCUT2D eigenvalue weighted by Gasteiger charge is -2.08. The molecule has 0 aliphatic rings. The lowest BCUT2D eigenvalue weighted by Crippen LogP contribution is -1.96. The van der Waals surface area contributed by atoms with E-state index in [1.54, 1.807) is 18.0 Å². The molecule has 1 unspecified atom stereocenters. The molecule has 4 heteroatoms. The van der Waals surface area contributed by atoms with Crippen LogP contribution in [-0.2, 0) is 0 Å². The second-order valence-electron chi connectivity index (χ2n) is 2.96. The average molecular weight is 217 g/mol. The molecule has 0 radical (unpaired) electrons. The van der Waals surface area contributed by atoms with E-state index in [9.17, 15) is 0 Å². The number of aryl methyl sites for hydroxylation is 1. The Bertz CT molecular complexity index is 291. The number of hydrogen-bond acceptors (Lipinski definition) is 3. The van der Waals surface area contributed by atoms with Crippen molar-refractivity contribution in [3.63, 3.8) is 0 Å². The van der Waals surface area contributed by atoms with E-state index in [1.807, 2.05) is 6.92 Å². The Morgan fingerprint density at radius 3 is 2.92 bits per heavy atom. The molecule has 0 saturated carbocycles. The first-order valence-electron chi connectivity index (χ1n) is 4.29. The van der Waals surface area contributed by atoms with Gasteiger partial charge < -0.3 is 0 Å². The van der Waals surface area contributed by atoms with Crippen LogP contribution in [0.2, 0.25) is 5.28 Å². The number of rotatable bonds is 3. The van der Waals surface area contributed by atoms with Gasteiger partial charge >= 0.3 is 0 Å². The molecule has 1 aromatic rings. The van der Waals surface area contributed by atoms with Crippen molar-refractivity contribution in [2.45, 2.75) is 37.5 Å². The Labute approximate surface area is 88.1 Å². The topological polar surface area (TPSA) is 25.8 Å². The maximum absolute atomic E-state index is 5.71. The van der Waals surface area contributed by atoms with Crippen molar-refractivity contribution < 1.29 is 0 Å². The maximum Gasteiger partial charge on any atom is 0.223 e. The molecule has 0 spiro atoms. The van der Waals surface area contributed by atoms with E-state index in [4.69, 9.17) is 11.6 Å². The van der Waals surface area contributed by atoms with Crippen LogP contribution in [0, 0.1) is 6.92 Å². The zero-order chi connectivity index (χ0) is 9.84. The lowest BCUT2D eigenvalue weighted by atomic mass is 10.4. The van der Waals surface area contributed by atoms with E-state index in [-0.39, 0.29) is 0 Å². The van der Waals surface area contributed by atoms with Gasteiger partial charge in [0.05, 0.1) is 0 Å². The van der Waals surface area contributed by atoms with Gasteiger partial charge in [0.1, 0.15) is 5.03 Å². The first kappa shape index (κ1) is 10.8. The molecule has 1 rings (SSSR count). The Morgan fingerprint density at radius 1 is 1.62 bits per heavy atom. The summed E-state index contributed by atoms with van der Waals surface area (Å²) in [5.41, 5.74) is 1.09. The fourth-order valence-corrected chi connectivity index (χ4v) is 1.91. The van der Waals surface area contributed by atoms with Gasteiger partial charge in [-0.1, -0.05) is 13.8 Å². The molecule has 0 fully saturated rings. The fourth-order valence-electron chi connectivity index (χ4n) is 0.799. The van der Waals surface area contributed by atoms with Crippen molar-refractivity contribution in [1.82, 2.24) is 9.97 Å². The van der Waals surface area contributed by atoms with Gasteiger partial charge in [0, 0.05) is 11.4 Å². The quantitative estimate of drug-likeness (QED) is 0.440. The fraction of sp³-hybridized carbons (Fsp3) is 0.556. The summed E-state index contributed by atoms with van der Waals surface area (Å²) in [6.07, 6.45) is 2.89. The summed E-state index contributed by atoms with van der Waals surface area (Å²) >= 11 is 7.46. The van der Waals surface area contributed by atoms with Crippen LogP contribution in [0.1, 0.15) is 25.8 Å². The van der Waals surface area contributed by atoms with Gasteiger partial charge in [-0.2, -0.15) is 0 Å². The smallest absolute Gasteiger partial charge is 0.223 e. The molecule has 0 N–H and O–H groups in total. The summed E-state index contributed by atoms with van der Waals surface area (Å²) in [5.74, 6) is 0. The van der Waals surface area contributed by atoms with Crippen molar-refractivity contribution in [3.8, 4) is 0 Å². The highest BCUT2D eigenvalue weighted by Gasteiger charge is 2.07. The molecular weight excluding hydrogens is 204 g/mol. The minimum Gasteiger partial charge on any atom is -0.226 e.